The van der Waals surface area contributed by atoms with Crippen LogP contribution in [0.5, 0.6) is 11.5 Å². The van der Waals surface area contributed by atoms with Gasteiger partial charge >= 0.3 is 0 Å². The fourth-order valence-corrected chi connectivity index (χ4v) is 5.47. The number of amides is 1. The number of thioether (sulfide) groups is 1. The van der Waals surface area contributed by atoms with E-state index in [1.165, 1.54) is 23.8 Å². The van der Waals surface area contributed by atoms with E-state index in [1.54, 1.807) is 13.2 Å². The molecule has 1 fully saturated rings. The minimum absolute atomic E-state index is 0.0602. The maximum absolute atomic E-state index is 13.3. The van der Waals surface area contributed by atoms with Gasteiger partial charge in [-0.1, -0.05) is 42.0 Å². The maximum Gasteiger partial charge on any atom is 0.231 e. The van der Waals surface area contributed by atoms with Gasteiger partial charge in [-0.25, -0.2) is 0 Å². The van der Waals surface area contributed by atoms with Crippen LogP contribution in [0.3, 0.4) is 0 Å². The first-order valence-electron chi connectivity index (χ1n) is 9.55. The Morgan fingerprint density at radius 2 is 1.93 bits per heavy atom. The molecule has 2 aliphatic heterocycles. The Morgan fingerprint density at radius 1 is 1.20 bits per heavy atom. The van der Waals surface area contributed by atoms with Crippen LogP contribution >= 0.6 is 11.8 Å². The van der Waals surface area contributed by atoms with Crippen LogP contribution in [0.15, 0.2) is 53.1 Å². The molecular formula is C23H22N2O4S. The molecule has 2 aliphatic rings. The van der Waals surface area contributed by atoms with Crippen molar-refractivity contribution in [2.75, 3.05) is 20.0 Å². The third-order valence-electron chi connectivity index (χ3n) is 5.63. The Labute approximate surface area is 179 Å². The zero-order chi connectivity index (χ0) is 21.5. The Kier molecular flexibility index (Phi) is 5.22. The molecule has 1 saturated heterocycles. The molecule has 0 spiro atoms. The van der Waals surface area contributed by atoms with Gasteiger partial charge in [0.15, 0.2) is 17.2 Å². The van der Waals surface area contributed by atoms with E-state index >= 15 is 0 Å². The summed E-state index contributed by atoms with van der Waals surface area (Å²) in [7, 11) is 3.09. The molecule has 2 aromatic rings. The van der Waals surface area contributed by atoms with Gasteiger partial charge < -0.3 is 14.6 Å². The summed E-state index contributed by atoms with van der Waals surface area (Å²) in [6.07, 6.45) is 0.0602. The molecule has 1 N–H and O–H groups in total. The highest BCUT2D eigenvalue weighted by Crippen LogP contribution is 2.53. The van der Waals surface area contributed by atoms with Crippen LogP contribution in [0.1, 0.15) is 29.0 Å². The highest BCUT2D eigenvalue weighted by Gasteiger charge is 2.52. The number of aryl methyl sites for hydroxylation is 1. The molecule has 0 radical (unpaired) electrons. The van der Waals surface area contributed by atoms with E-state index in [-0.39, 0.29) is 18.1 Å². The molecular weight excluding hydrogens is 400 g/mol. The Hall–Kier alpha value is -2.95. The molecule has 0 unspecified atom stereocenters. The van der Waals surface area contributed by atoms with E-state index in [1.807, 2.05) is 43.3 Å². The van der Waals surface area contributed by atoms with E-state index in [2.05, 4.69) is 6.07 Å². The highest BCUT2D eigenvalue weighted by atomic mass is 32.2. The number of carbonyl (C=O) groups is 1. The van der Waals surface area contributed by atoms with Gasteiger partial charge in [-0.2, -0.15) is 5.26 Å². The second kappa shape index (κ2) is 7.71. The van der Waals surface area contributed by atoms with Crippen LogP contribution in [0.2, 0.25) is 0 Å². The van der Waals surface area contributed by atoms with Gasteiger partial charge in [0.05, 0.1) is 36.6 Å². The van der Waals surface area contributed by atoms with E-state index in [0.717, 1.165) is 11.1 Å². The summed E-state index contributed by atoms with van der Waals surface area (Å²) in [5, 5.41) is 22.0. The molecule has 2 atom stereocenters. The van der Waals surface area contributed by atoms with Crippen molar-refractivity contribution >= 4 is 17.7 Å². The first-order valence-corrected chi connectivity index (χ1v) is 10.5. The molecule has 1 amide bonds. The van der Waals surface area contributed by atoms with Crippen LogP contribution in [0.4, 0.5) is 0 Å². The number of carbonyl (C=O) groups excluding carboxylic acids is 1. The lowest BCUT2D eigenvalue weighted by molar-refractivity contribution is -0.149. The maximum atomic E-state index is 13.3. The summed E-state index contributed by atoms with van der Waals surface area (Å²) in [5.74, 6) is 0.627. The van der Waals surface area contributed by atoms with Gasteiger partial charge in [0.25, 0.3) is 0 Å². The number of allylic oxidation sites excluding steroid dienone is 1. The highest BCUT2D eigenvalue weighted by molar-refractivity contribution is 8.03. The predicted molar refractivity (Wildman–Crippen MR) is 114 cm³/mol. The van der Waals surface area contributed by atoms with Crippen molar-refractivity contribution < 1.29 is 19.4 Å². The zero-order valence-electron chi connectivity index (χ0n) is 17.0. The molecule has 30 heavy (non-hydrogen) atoms. The molecule has 154 valence electrons. The Bertz CT molecular complexity index is 1070. The number of methoxy groups -OCH3 is 2. The van der Waals surface area contributed by atoms with Gasteiger partial charge in [0, 0.05) is 23.5 Å². The van der Waals surface area contributed by atoms with Crippen LogP contribution in [-0.4, -0.2) is 35.9 Å². The summed E-state index contributed by atoms with van der Waals surface area (Å²) in [4.78, 5) is 14.7. The summed E-state index contributed by atoms with van der Waals surface area (Å²) < 4.78 is 10.9. The average molecular weight is 423 g/mol. The number of hydrogen-bond donors (Lipinski definition) is 1. The van der Waals surface area contributed by atoms with Crippen molar-refractivity contribution in [3.63, 3.8) is 0 Å². The molecule has 6 nitrogen and oxygen atoms in total. The molecule has 2 heterocycles. The van der Waals surface area contributed by atoms with Gasteiger partial charge in [-0.05, 0) is 13.0 Å². The summed E-state index contributed by atoms with van der Waals surface area (Å²) in [5.41, 5.74) is 1.40. The number of para-hydroxylation sites is 1. The third-order valence-corrected chi connectivity index (χ3v) is 6.86. The first kappa shape index (κ1) is 20.3. The van der Waals surface area contributed by atoms with Crippen LogP contribution in [0, 0.1) is 18.3 Å². The Balaban J connectivity index is 1.83. The predicted octanol–water partition coefficient (Wildman–Crippen LogP) is 3.66. The van der Waals surface area contributed by atoms with Crippen molar-refractivity contribution in [1.29, 1.82) is 5.26 Å². The van der Waals surface area contributed by atoms with Crippen molar-refractivity contribution in [3.05, 3.63) is 69.8 Å². The summed E-state index contributed by atoms with van der Waals surface area (Å²) >= 11 is 1.33. The number of hydrogen-bond acceptors (Lipinski definition) is 6. The lowest BCUT2D eigenvalue weighted by atomic mass is 9.84. The fourth-order valence-electron chi connectivity index (χ4n) is 4.11. The van der Waals surface area contributed by atoms with E-state index in [0.29, 0.717) is 27.7 Å². The van der Waals surface area contributed by atoms with Gasteiger partial charge in [0.2, 0.25) is 5.91 Å². The van der Waals surface area contributed by atoms with E-state index < -0.39 is 11.6 Å². The van der Waals surface area contributed by atoms with Crippen molar-refractivity contribution in [2.24, 2.45) is 0 Å². The van der Waals surface area contributed by atoms with Crippen LogP contribution in [0.25, 0.3) is 0 Å². The molecule has 4 rings (SSSR count). The standard InChI is InChI=1S/C23H22N2O4S/c1-14-7-9-15(10-8-14)23(27)13-30-22-18(12-24)17(11-20(26)25(22)23)16-5-4-6-19(28-2)21(16)29-3/h4-10,17,27H,11,13H2,1-3H3/t17-,23-/m1/s1. The molecule has 7 heteroatoms. The summed E-state index contributed by atoms with van der Waals surface area (Å²) in [6.45, 7) is 1.97. The van der Waals surface area contributed by atoms with Crippen molar-refractivity contribution in [3.8, 4) is 17.6 Å². The minimum Gasteiger partial charge on any atom is -0.493 e. The van der Waals surface area contributed by atoms with E-state index in [4.69, 9.17) is 9.47 Å². The SMILES string of the molecule is COc1cccc([C@H]2CC(=O)N3C(=C2C#N)SC[C@@]3(O)c2ccc(C)cc2)c1OC. The quantitative estimate of drug-likeness (QED) is 0.810. The number of benzene rings is 2. The van der Waals surface area contributed by atoms with Gasteiger partial charge in [-0.3, -0.25) is 9.69 Å². The molecule has 0 aliphatic carbocycles. The summed E-state index contributed by atoms with van der Waals surface area (Å²) in [6, 6.07) is 15.2. The largest absolute Gasteiger partial charge is 0.493 e. The average Bonchev–Trinajstić information content (AvgIpc) is 3.12. The normalized spacial score (nSPS) is 23.2. The first-order chi connectivity index (χ1) is 14.4. The second-order valence-corrected chi connectivity index (χ2v) is 8.33. The second-order valence-electron chi connectivity index (χ2n) is 7.37. The molecule has 2 aromatic carbocycles. The van der Waals surface area contributed by atoms with Crippen LogP contribution in [-0.2, 0) is 10.5 Å². The number of aliphatic hydroxyl groups is 1. The molecule has 0 saturated carbocycles. The van der Waals surface area contributed by atoms with E-state index in [9.17, 15) is 15.2 Å². The number of nitrogens with zero attached hydrogens (tertiary/aromatic N) is 2. The van der Waals surface area contributed by atoms with Gasteiger partial charge in [0.1, 0.15) is 0 Å². The number of rotatable bonds is 4. The third kappa shape index (κ3) is 3.04. The molecule has 0 bridgehead atoms. The lowest BCUT2D eigenvalue weighted by Gasteiger charge is -2.38. The fraction of sp³-hybridized carbons (Fsp3) is 0.304. The number of nitriles is 1. The number of ether oxygens (including phenoxy) is 2. The molecule has 0 aromatic heterocycles. The Morgan fingerprint density at radius 3 is 2.57 bits per heavy atom. The monoisotopic (exact) mass is 422 g/mol. The van der Waals surface area contributed by atoms with Crippen molar-refractivity contribution in [2.45, 2.75) is 25.0 Å². The zero-order valence-corrected chi connectivity index (χ0v) is 17.8. The lowest BCUT2D eigenvalue weighted by Crippen LogP contribution is -2.48. The van der Waals surface area contributed by atoms with Crippen LogP contribution < -0.4 is 9.47 Å². The van der Waals surface area contributed by atoms with Gasteiger partial charge in [-0.15, -0.1) is 11.8 Å². The number of fused-ring (bicyclic) bond motifs is 1. The topological polar surface area (TPSA) is 82.8 Å². The minimum atomic E-state index is -1.48. The van der Waals surface area contributed by atoms with Crippen molar-refractivity contribution in [1.82, 2.24) is 4.90 Å². The smallest absolute Gasteiger partial charge is 0.231 e.